The number of likely N-dealkylation sites (tertiary alicyclic amines) is 1. The Morgan fingerprint density at radius 1 is 1.41 bits per heavy atom. The third-order valence-electron chi connectivity index (χ3n) is 3.40. The summed E-state index contributed by atoms with van der Waals surface area (Å²) in [5.41, 5.74) is 6.37. The summed E-state index contributed by atoms with van der Waals surface area (Å²) in [4.78, 5) is 14.0. The first-order valence-corrected chi connectivity index (χ1v) is 6.33. The van der Waals surface area contributed by atoms with Gasteiger partial charge in [0, 0.05) is 37.6 Å². The average molecular weight is 235 g/mol. The van der Waals surface area contributed by atoms with E-state index in [0.29, 0.717) is 5.69 Å². The highest BCUT2D eigenvalue weighted by Crippen LogP contribution is 2.14. The van der Waals surface area contributed by atoms with E-state index in [1.54, 1.807) is 16.8 Å². The molecule has 1 fully saturated rings. The molecule has 1 aliphatic heterocycles. The lowest BCUT2D eigenvalue weighted by molar-refractivity contribution is 0.177. The fraction of sp³-hybridized carbons (Fsp3) is 0.615. The van der Waals surface area contributed by atoms with Crippen LogP contribution in [0.15, 0.2) is 23.1 Å². The topological polar surface area (TPSA) is 51.3 Å². The summed E-state index contributed by atoms with van der Waals surface area (Å²) in [7, 11) is 0. The van der Waals surface area contributed by atoms with Crippen molar-refractivity contribution in [1.82, 2.24) is 9.47 Å². The van der Waals surface area contributed by atoms with Gasteiger partial charge in [-0.2, -0.15) is 0 Å². The van der Waals surface area contributed by atoms with E-state index in [0.717, 1.165) is 32.1 Å². The fourth-order valence-electron chi connectivity index (χ4n) is 2.46. The lowest BCUT2D eigenvalue weighted by Gasteiger charge is -2.30. The van der Waals surface area contributed by atoms with Crippen LogP contribution in [0.5, 0.6) is 0 Å². The van der Waals surface area contributed by atoms with Crippen LogP contribution in [0.1, 0.15) is 19.8 Å². The van der Waals surface area contributed by atoms with Gasteiger partial charge in [0.25, 0.3) is 5.56 Å². The van der Waals surface area contributed by atoms with Crippen molar-refractivity contribution in [3.8, 4) is 0 Å². The lowest BCUT2D eigenvalue weighted by Crippen LogP contribution is -2.37. The van der Waals surface area contributed by atoms with Crippen molar-refractivity contribution in [2.24, 2.45) is 5.92 Å². The molecule has 0 aliphatic carbocycles. The zero-order valence-corrected chi connectivity index (χ0v) is 10.4. The SMILES string of the molecule is CC1CCCN(CCn2cc(N)ccc2=O)C1. The minimum atomic E-state index is 0.0317. The quantitative estimate of drug-likeness (QED) is 0.855. The summed E-state index contributed by atoms with van der Waals surface area (Å²) in [5.74, 6) is 0.779. The number of piperidine rings is 1. The second-order valence-corrected chi connectivity index (χ2v) is 5.04. The monoisotopic (exact) mass is 235 g/mol. The van der Waals surface area contributed by atoms with Crippen molar-refractivity contribution in [3.05, 3.63) is 28.7 Å². The Balaban J connectivity index is 1.93. The van der Waals surface area contributed by atoms with Gasteiger partial charge in [-0.15, -0.1) is 0 Å². The second-order valence-electron chi connectivity index (χ2n) is 5.04. The second kappa shape index (κ2) is 5.36. The summed E-state index contributed by atoms with van der Waals surface area (Å²) >= 11 is 0. The van der Waals surface area contributed by atoms with Crippen LogP contribution < -0.4 is 11.3 Å². The molecule has 0 bridgehead atoms. The van der Waals surface area contributed by atoms with Crippen LogP contribution in [0.2, 0.25) is 0 Å². The Hall–Kier alpha value is -1.29. The number of anilines is 1. The maximum Gasteiger partial charge on any atom is 0.250 e. The van der Waals surface area contributed by atoms with Crippen molar-refractivity contribution >= 4 is 5.69 Å². The molecule has 2 N–H and O–H groups in total. The normalized spacial score (nSPS) is 21.6. The van der Waals surface area contributed by atoms with Gasteiger partial charge in [-0.05, 0) is 31.4 Å². The van der Waals surface area contributed by atoms with Crippen LogP contribution in [0.3, 0.4) is 0 Å². The van der Waals surface area contributed by atoms with Gasteiger partial charge in [0.05, 0.1) is 0 Å². The highest BCUT2D eigenvalue weighted by molar-refractivity contribution is 5.33. The summed E-state index contributed by atoms with van der Waals surface area (Å²) in [6, 6.07) is 3.19. The molecule has 2 heterocycles. The van der Waals surface area contributed by atoms with Crippen molar-refractivity contribution in [2.45, 2.75) is 26.3 Å². The van der Waals surface area contributed by atoms with E-state index in [4.69, 9.17) is 5.73 Å². The molecule has 1 aliphatic rings. The van der Waals surface area contributed by atoms with Crippen LogP contribution in [0.25, 0.3) is 0 Å². The molecule has 94 valence electrons. The third-order valence-corrected chi connectivity index (χ3v) is 3.40. The molecule has 1 unspecified atom stereocenters. The third kappa shape index (κ3) is 3.33. The minimum absolute atomic E-state index is 0.0317. The number of nitrogen functional groups attached to an aromatic ring is 1. The van der Waals surface area contributed by atoms with Crippen LogP contribution >= 0.6 is 0 Å². The fourth-order valence-corrected chi connectivity index (χ4v) is 2.46. The first-order valence-electron chi connectivity index (χ1n) is 6.33. The molecule has 0 amide bonds. The molecule has 4 heteroatoms. The highest BCUT2D eigenvalue weighted by atomic mass is 16.1. The van der Waals surface area contributed by atoms with Gasteiger partial charge < -0.3 is 15.2 Å². The summed E-state index contributed by atoms with van der Waals surface area (Å²) in [5, 5.41) is 0. The number of nitrogens with zero attached hydrogens (tertiary/aromatic N) is 2. The Bertz CT molecular complexity index is 427. The number of pyridine rings is 1. The number of aromatic nitrogens is 1. The minimum Gasteiger partial charge on any atom is -0.398 e. The summed E-state index contributed by atoms with van der Waals surface area (Å²) in [6.07, 6.45) is 4.33. The zero-order chi connectivity index (χ0) is 12.3. The Labute approximate surface area is 102 Å². The first kappa shape index (κ1) is 12.2. The van der Waals surface area contributed by atoms with Crippen molar-refractivity contribution in [1.29, 1.82) is 0 Å². The van der Waals surface area contributed by atoms with E-state index in [9.17, 15) is 4.79 Å². The van der Waals surface area contributed by atoms with E-state index in [1.807, 2.05) is 0 Å². The Morgan fingerprint density at radius 2 is 2.24 bits per heavy atom. The highest BCUT2D eigenvalue weighted by Gasteiger charge is 2.15. The van der Waals surface area contributed by atoms with Gasteiger partial charge in [-0.25, -0.2) is 0 Å². The van der Waals surface area contributed by atoms with Crippen LogP contribution in [0, 0.1) is 5.92 Å². The summed E-state index contributed by atoms with van der Waals surface area (Å²) in [6.45, 7) is 6.27. The average Bonchev–Trinajstić information content (AvgIpc) is 2.30. The molecular weight excluding hydrogens is 214 g/mol. The van der Waals surface area contributed by atoms with E-state index >= 15 is 0 Å². The van der Waals surface area contributed by atoms with Gasteiger partial charge in [-0.1, -0.05) is 6.92 Å². The van der Waals surface area contributed by atoms with Gasteiger partial charge >= 0.3 is 0 Å². The van der Waals surface area contributed by atoms with E-state index < -0.39 is 0 Å². The molecule has 2 rings (SSSR count). The first-order chi connectivity index (χ1) is 8.15. The molecule has 1 aromatic heterocycles. The zero-order valence-electron chi connectivity index (χ0n) is 10.4. The molecule has 17 heavy (non-hydrogen) atoms. The number of nitrogens with two attached hydrogens (primary N) is 1. The van der Waals surface area contributed by atoms with E-state index in [2.05, 4.69) is 11.8 Å². The van der Waals surface area contributed by atoms with Crippen LogP contribution in [0.4, 0.5) is 5.69 Å². The van der Waals surface area contributed by atoms with Crippen molar-refractivity contribution in [2.75, 3.05) is 25.4 Å². The maximum absolute atomic E-state index is 11.6. The number of hydrogen-bond acceptors (Lipinski definition) is 3. The van der Waals surface area contributed by atoms with E-state index in [1.165, 1.54) is 18.9 Å². The molecule has 1 atom stereocenters. The van der Waals surface area contributed by atoms with E-state index in [-0.39, 0.29) is 5.56 Å². The smallest absolute Gasteiger partial charge is 0.250 e. The Kier molecular flexibility index (Phi) is 3.84. The van der Waals surface area contributed by atoms with Gasteiger partial charge in [0.2, 0.25) is 0 Å². The molecule has 1 aromatic rings. The molecule has 0 radical (unpaired) electrons. The molecule has 0 aromatic carbocycles. The molecule has 1 saturated heterocycles. The maximum atomic E-state index is 11.6. The largest absolute Gasteiger partial charge is 0.398 e. The predicted molar refractivity (Wildman–Crippen MR) is 70.0 cm³/mol. The van der Waals surface area contributed by atoms with Crippen molar-refractivity contribution in [3.63, 3.8) is 0 Å². The van der Waals surface area contributed by atoms with Gasteiger partial charge in [0.1, 0.15) is 0 Å². The lowest BCUT2D eigenvalue weighted by atomic mass is 10.0. The predicted octanol–water partition coefficient (Wildman–Crippen LogP) is 1.16. The standard InChI is InChI=1S/C13H21N3O/c1-11-3-2-6-15(9-11)7-8-16-10-12(14)4-5-13(16)17/h4-5,10-11H,2-3,6-9,14H2,1H3. The summed E-state index contributed by atoms with van der Waals surface area (Å²) < 4.78 is 1.70. The molecular formula is C13H21N3O. The van der Waals surface area contributed by atoms with Crippen molar-refractivity contribution < 1.29 is 0 Å². The molecule has 4 nitrogen and oxygen atoms in total. The van der Waals surface area contributed by atoms with Crippen LogP contribution in [-0.4, -0.2) is 29.1 Å². The molecule has 0 spiro atoms. The van der Waals surface area contributed by atoms with Crippen LogP contribution in [-0.2, 0) is 6.54 Å². The van der Waals surface area contributed by atoms with Gasteiger partial charge in [-0.3, -0.25) is 4.79 Å². The molecule has 0 saturated carbocycles. The number of hydrogen-bond donors (Lipinski definition) is 1. The number of rotatable bonds is 3. The van der Waals surface area contributed by atoms with Gasteiger partial charge in [0.15, 0.2) is 0 Å². The Morgan fingerprint density at radius 3 is 3.00 bits per heavy atom.